The summed E-state index contributed by atoms with van der Waals surface area (Å²) in [5.74, 6) is -1.30. The first-order valence-corrected chi connectivity index (χ1v) is 6.53. The van der Waals surface area contributed by atoms with Crippen molar-refractivity contribution in [3.63, 3.8) is 0 Å². The van der Waals surface area contributed by atoms with Crippen LogP contribution in [-0.4, -0.2) is 23.3 Å². The third kappa shape index (κ3) is 2.41. The van der Waals surface area contributed by atoms with E-state index in [0.717, 1.165) is 11.1 Å². The zero-order valence-corrected chi connectivity index (χ0v) is 12.0. The molecule has 3 nitrogen and oxygen atoms in total. The lowest BCUT2D eigenvalue weighted by Gasteiger charge is -2.46. The van der Waals surface area contributed by atoms with Crippen molar-refractivity contribution < 1.29 is 9.84 Å². The van der Waals surface area contributed by atoms with Gasteiger partial charge in [-0.25, -0.2) is 0 Å². The summed E-state index contributed by atoms with van der Waals surface area (Å²) in [6.45, 7) is 8.40. The van der Waals surface area contributed by atoms with Crippen LogP contribution in [-0.2, 0) is 10.5 Å². The van der Waals surface area contributed by atoms with Crippen LogP contribution in [0, 0.1) is 6.92 Å². The number of hydrogen-bond donors (Lipinski definition) is 2. The third-order valence-electron chi connectivity index (χ3n) is 3.42. The Morgan fingerprint density at radius 3 is 2.67 bits per heavy atom. The van der Waals surface area contributed by atoms with Crippen molar-refractivity contribution in [3.05, 3.63) is 34.3 Å². The molecule has 1 heterocycles. The molecule has 0 aliphatic carbocycles. The lowest BCUT2D eigenvalue weighted by molar-refractivity contribution is -0.263. The first-order valence-electron chi connectivity index (χ1n) is 6.15. The molecule has 0 amide bonds. The molecular formula is C14H20ClNO2. The second-order valence-corrected chi connectivity index (χ2v) is 6.11. The van der Waals surface area contributed by atoms with Crippen molar-refractivity contribution in [2.24, 2.45) is 0 Å². The maximum atomic E-state index is 10.7. The molecule has 4 heteroatoms. The summed E-state index contributed by atoms with van der Waals surface area (Å²) in [5, 5.41) is 14.8. The van der Waals surface area contributed by atoms with Crippen molar-refractivity contribution in [1.82, 2.24) is 5.32 Å². The summed E-state index contributed by atoms with van der Waals surface area (Å²) in [6.07, 6.45) is 0. The zero-order valence-electron chi connectivity index (χ0n) is 11.2. The fourth-order valence-corrected chi connectivity index (χ4v) is 2.46. The molecule has 1 aliphatic rings. The molecule has 1 aliphatic heterocycles. The van der Waals surface area contributed by atoms with Gasteiger partial charge in [0.2, 0.25) is 5.79 Å². The predicted octanol–water partition coefficient (Wildman–Crippen LogP) is 2.58. The summed E-state index contributed by atoms with van der Waals surface area (Å²) >= 11 is 6.01. The molecule has 1 saturated heterocycles. The monoisotopic (exact) mass is 269 g/mol. The van der Waals surface area contributed by atoms with Crippen molar-refractivity contribution in [2.45, 2.75) is 45.1 Å². The van der Waals surface area contributed by atoms with Crippen molar-refractivity contribution in [2.75, 3.05) is 6.61 Å². The van der Waals surface area contributed by atoms with E-state index < -0.39 is 5.79 Å². The van der Waals surface area contributed by atoms with Gasteiger partial charge in [0, 0.05) is 16.1 Å². The van der Waals surface area contributed by atoms with Crippen molar-refractivity contribution >= 4 is 11.6 Å². The minimum Gasteiger partial charge on any atom is -0.361 e. The zero-order chi connectivity index (χ0) is 13.6. The lowest BCUT2D eigenvalue weighted by atomic mass is 9.92. The Kier molecular flexibility index (Phi) is 3.45. The fraction of sp³-hybridized carbons (Fsp3) is 0.571. The van der Waals surface area contributed by atoms with E-state index in [0.29, 0.717) is 11.6 Å². The van der Waals surface area contributed by atoms with Gasteiger partial charge < -0.3 is 15.2 Å². The minimum atomic E-state index is -1.30. The van der Waals surface area contributed by atoms with Crippen LogP contribution in [0.4, 0.5) is 0 Å². The number of hydrogen-bond acceptors (Lipinski definition) is 3. The molecule has 0 radical (unpaired) electrons. The van der Waals surface area contributed by atoms with E-state index in [-0.39, 0.29) is 11.6 Å². The van der Waals surface area contributed by atoms with Gasteiger partial charge in [-0.1, -0.05) is 17.7 Å². The Bertz CT molecular complexity index is 461. The summed E-state index contributed by atoms with van der Waals surface area (Å²) in [5.41, 5.74) is 1.54. The van der Waals surface area contributed by atoms with Crippen LogP contribution in [0.5, 0.6) is 0 Å². The maximum Gasteiger partial charge on any atom is 0.208 e. The van der Waals surface area contributed by atoms with Crippen LogP contribution in [0.1, 0.15) is 31.9 Å². The summed E-state index contributed by atoms with van der Waals surface area (Å²) in [4.78, 5) is 0. The van der Waals surface area contributed by atoms with Crippen molar-refractivity contribution in [1.29, 1.82) is 0 Å². The van der Waals surface area contributed by atoms with E-state index in [1.807, 2.05) is 26.0 Å². The van der Waals surface area contributed by atoms with Crippen LogP contribution >= 0.6 is 11.6 Å². The van der Waals surface area contributed by atoms with Crippen LogP contribution in [0.3, 0.4) is 0 Å². The van der Waals surface area contributed by atoms with Crippen LogP contribution in [0.15, 0.2) is 18.2 Å². The van der Waals surface area contributed by atoms with E-state index in [1.165, 1.54) is 0 Å². The maximum absolute atomic E-state index is 10.7. The highest BCUT2D eigenvalue weighted by Crippen LogP contribution is 2.34. The highest BCUT2D eigenvalue weighted by molar-refractivity contribution is 6.31. The molecule has 0 aromatic heterocycles. The number of aliphatic hydroxyl groups is 1. The molecule has 2 atom stereocenters. The van der Waals surface area contributed by atoms with E-state index in [9.17, 15) is 5.11 Å². The average Bonchev–Trinajstić information content (AvgIpc) is 2.27. The molecule has 18 heavy (non-hydrogen) atoms. The van der Waals surface area contributed by atoms with Crippen LogP contribution < -0.4 is 5.32 Å². The molecule has 0 saturated carbocycles. The van der Waals surface area contributed by atoms with Gasteiger partial charge in [0.05, 0.1) is 12.6 Å². The number of aryl methyl sites for hydroxylation is 1. The quantitative estimate of drug-likeness (QED) is 0.823. The Morgan fingerprint density at radius 1 is 1.44 bits per heavy atom. The summed E-state index contributed by atoms with van der Waals surface area (Å²) in [7, 11) is 0. The highest BCUT2D eigenvalue weighted by Gasteiger charge is 2.44. The first kappa shape index (κ1) is 13.8. The van der Waals surface area contributed by atoms with Gasteiger partial charge in [0.1, 0.15) is 0 Å². The number of morpholine rings is 1. The van der Waals surface area contributed by atoms with Gasteiger partial charge in [-0.15, -0.1) is 0 Å². The fourth-order valence-electron chi connectivity index (χ4n) is 2.34. The van der Waals surface area contributed by atoms with E-state index in [1.54, 1.807) is 6.07 Å². The SMILES string of the molecule is Cc1cc(C2(O)OCC(C)(C)NC2C)ccc1Cl. The molecular weight excluding hydrogens is 250 g/mol. The number of halogens is 1. The molecule has 0 bridgehead atoms. The third-order valence-corrected chi connectivity index (χ3v) is 3.84. The van der Waals surface area contributed by atoms with Gasteiger partial charge in [-0.3, -0.25) is 0 Å². The molecule has 1 aromatic rings. The largest absolute Gasteiger partial charge is 0.361 e. The second kappa shape index (κ2) is 4.49. The Labute approximate surface area is 113 Å². The number of rotatable bonds is 1. The molecule has 2 N–H and O–H groups in total. The minimum absolute atomic E-state index is 0.132. The van der Waals surface area contributed by atoms with Gasteiger partial charge in [0.15, 0.2) is 0 Å². The summed E-state index contributed by atoms with van der Waals surface area (Å²) in [6, 6.07) is 5.28. The van der Waals surface area contributed by atoms with Crippen molar-refractivity contribution in [3.8, 4) is 0 Å². The van der Waals surface area contributed by atoms with E-state index in [2.05, 4.69) is 19.2 Å². The van der Waals surface area contributed by atoms with E-state index in [4.69, 9.17) is 16.3 Å². The summed E-state index contributed by atoms with van der Waals surface area (Å²) < 4.78 is 5.72. The highest BCUT2D eigenvalue weighted by atomic mass is 35.5. The average molecular weight is 270 g/mol. The molecule has 0 spiro atoms. The van der Waals surface area contributed by atoms with Gasteiger partial charge >= 0.3 is 0 Å². The number of benzene rings is 1. The van der Waals surface area contributed by atoms with Gasteiger partial charge in [-0.2, -0.15) is 0 Å². The van der Waals surface area contributed by atoms with Gasteiger partial charge in [-0.05, 0) is 45.4 Å². The van der Waals surface area contributed by atoms with Crippen LogP contribution in [0.25, 0.3) is 0 Å². The number of ether oxygens (including phenoxy) is 1. The normalized spacial score (nSPS) is 31.3. The Hall–Kier alpha value is -0.610. The molecule has 2 unspecified atom stereocenters. The Morgan fingerprint density at radius 2 is 2.11 bits per heavy atom. The van der Waals surface area contributed by atoms with E-state index >= 15 is 0 Å². The number of nitrogens with one attached hydrogen (secondary N) is 1. The Balaban J connectivity index is 2.34. The molecule has 100 valence electrons. The van der Waals surface area contributed by atoms with Gasteiger partial charge in [0.25, 0.3) is 0 Å². The smallest absolute Gasteiger partial charge is 0.208 e. The lowest BCUT2D eigenvalue weighted by Crippen LogP contribution is -2.63. The van der Waals surface area contributed by atoms with Crippen LogP contribution in [0.2, 0.25) is 5.02 Å². The first-order chi connectivity index (χ1) is 8.24. The standard InChI is InChI=1S/C14H20ClNO2/c1-9-7-11(5-6-12(9)15)14(17)10(2)16-13(3,4)8-18-14/h5-7,10,16-17H,8H2,1-4H3. The topological polar surface area (TPSA) is 41.5 Å². The predicted molar refractivity (Wildman–Crippen MR) is 72.7 cm³/mol. The molecule has 1 fully saturated rings. The molecule has 1 aromatic carbocycles. The second-order valence-electron chi connectivity index (χ2n) is 5.70. The molecule has 2 rings (SSSR count).